The molecule has 0 fully saturated rings. The third-order valence-electron chi connectivity index (χ3n) is 2.25. The van der Waals surface area contributed by atoms with Gasteiger partial charge in [-0.3, -0.25) is 10.1 Å². The van der Waals surface area contributed by atoms with Gasteiger partial charge in [0.05, 0.1) is 16.6 Å². The Kier molecular flexibility index (Phi) is 4.86. The van der Waals surface area contributed by atoms with E-state index >= 15 is 0 Å². The van der Waals surface area contributed by atoms with Crippen LogP contribution in [-0.4, -0.2) is 28.3 Å². The van der Waals surface area contributed by atoms with Crippen molar-refractivity contribution < 1.29 is 15.1 Å². The molecule has 6 heteroatoms. The Bertz CT molecular complexity index is 393. The molecule has 0 bridgehead atoms. The van der Waals surface area contributed by atoms with E-state index in [-0.39, 0.29) is 17.9 Å². The lowest BCUT2D eigenvalue weighted by Crippen LogP contribution is -2.05. The summed E-state index contributed by atoms with van der Waals surface area (Å²) in [5.41, 5.74) is 0.596. The molecule has 3 N–H and O–H groups in total. The van der Waals surface area contributed by atoms with Crippen LogP contribution in [0.1, 0.15) is 18.1 Å². The average Bonchev–Trinajstić information content (AvgIpc) is 2.29. The fourth-order valence-electron chi connectivity index (χ4n) is 1.41. The van der Waals surface area contributed by atoms with Gasteiger partial charge in [0.1, 0.15) is 0 Å². The minimum absolute atomic E-state index is 0.0603. The molecule has 1 aromatic rings. The van der Waals surface area contributed by atoms with Gasteiger partial charge < -0.3 is 15.5 Å². The Morgan fingerprint density at radius 2 is 2.24 bits per heavy atom. The second-order valence-electron chi connectivity index (χ2n) is 3.55. The van der Waals surface area contributed by atoms with Crippen LogP contribution in [0, 0.1) is 17.0 Å². The Balaban J connectivity index is 2.90. The molecular weight excluding hydrogens is 224 g/mol. The maximum Gasteiger partial charge on any atom is 0.277 e. The molecule has 1 unspecified atom stereocenters. The molecule has 0 aliphatic heterocycles. The van der Waals surface area contributed by atoms with E-state index in [0.717, 1.165) is 0 Å². The highest BCUT2D eigenvalue weighted by molar-refractivity contribution is 5.56. The zero-order valence-electron chi connectivity index (χ0n) is 9.30. The molecule has 0 amide bonds. The molecule has 6 nitrogen and oxygen atoms in total. The molecule has 0 saturated carbocycles. The van der Waals surface area contributed by atoms with Gasteiger partial charge in [-0.2, -0.15) is 0 Å². The van der Waals surface area contributed by atoms with Crippen LogP contribution >= 0.6 is 0 Å². The SMILES string of the molecule is [CH2]C(O)c1ccc(NCCCO)cc1[N+](=O)[O-]. The Morgan fingerprint density at radius 1 is 1.53 bits per heavy atom. The van der Waals surface area contributed by atoms with Gasteiger partial charge in [0.15, 0.2) is 0 Å². The predicted octanol–water partition coefficient (Wildman–Crippen LogP) is 1.26. The molecule has 1 rings (SSSR count). The fraction of sp³-hybridized carbons (Fsp3) is 0.364. The van der Waals surface area contributed by atoms with Gasteiger partial charge in [-0.1, -0.05) is 0 Å². The van der Waals surface area contributed by atoms with Crippen LogP contribution in [0.3, 0.4) is 0 Å². The van der Waals surface area contributed by atoms with Crippen LogP contribution in [-0.2, 0) is 0 Å². The largest absolute Gasteiger partial charge is 0.396 e. The van der Waals surface area contributed by atoms with E-state index in [9.17, 15) is 15.2 Å². The summed E-state index contributed by atoms with van der Waals surface area (Å²) in [6.45, 7) is 3.94. The first-order chi connectivity index (χ1) is 8.06. The topological polar surface area (TPSA) is 95.6 Å². The number of hydrogen-bond acceptors (Lipinski definition) is 5. The molecule has 0 spiro atoms. The molecule has 0 saturated heterocycles. The Labute approximate surface area is 99.0 Å². The first kappa shape index (κ1) is 13.4. The monoisotopic (exact) mass is 239 g/mol. The third kappa shape index (κ3) is 3.69. The number of benzene rings is 1. The number of rotatable bonds is 6. The van der Waals surface area contributed by atoms with E-state index < -0.39 is 11.0 Å². The zero-order chi connectivity index (χ0) is 12.8. The number of aliphatic hydroxyl groups is 2. The van der Waals surface area contributed by atoms with Crippen LogP contribution in [0.25, 0.3) is 0 Å². The smallest absolute Gasteiger partial charge is 0.277 e. The van der Waals surface area contributed by atoms with Crippen molar-refractivity contribution in [1.29, 1.82) is 0 Å². The van der Waals surface area contributed by atoms with E-state index in [1.165, 1.54) is 12.1 Å². The molecule has 1 aromatic carbocycles. The van der Waals surface area contributed by atoms with E-state index in [4.69, 9.17) is 5.11 Å². The Hall–Kier alpha value is -1.66. The minimum Gasteiger partial charge on any atom is -0.396 e. The average molecular weight is 239 g/mol. The summed E-state index contributed by atoms with van der Waals surface area (Å²) < 4.78 is 0. The number of hydrogen-bond donors (Lipinski definition) is 3. The van der Waals surface area contributed by atoms with Gasteiger partial charge >= 0.3 is 0 Å². The number of nitro groups is 1. The molecular formula is C11H15N2O4. The molecule has 1 radical (unpaired) electrons. The van der Waals surface area contributed by atoms with Gasteiger partial charge in [0.25, 0.3) is 5.69 Å². The summed E-state index contributed by atoms with van der Waals surface area (Å²) in [5.74, 6) is 0. The van der Waals surface area contributed by atoms with Crippen molar-refractivity contribution in [2.75, 3.05) is 18.5 Å². The molecule has 17 heavy (non-hydrogen) atoms. The highest BCUT2D eigenvalue weighted by Gasteiger charge is 2.17. The van der Waals surface area contributed by atoms with Crippen LogP contribution in [0.15, 0.2) is 18.2 Å². The summed E-state index contributed by atoms with van der Waals surface area (Å²) in [4.78, 5) is 10.3. The van der Waals surface area contributed by atoms with Crippen LogP contribution in [0.2, 0.25) is 0 Å². The van der Waals surface area contributed by atoms with Crippen LogP contribution in [0.4, 0.5) is 11.4 Å². The maximum atomic E-state index is 10.8. The van der Waals surface area contributed by atoms with Crippen molar-refractivity contribution in [1.82, 2.24) is 0 Å². The van der Waals surface area contributed by atoms with Crippen molar-refractivity contribution in [3.05, 3.63) is 40.8 Å². The van der Waals surface area contributed by atoms with Crippen LogP contribution < -0.4 is 5.32 Å². The summed E-state index contributed by atoms with van der Waals surface area (Å²) in [7, 11) is 0. The van der Waals surface area contributed by atoms with Crippen molar-refractivity contribution in [3.63, 3.8) is 0 Å². The normalized spacial score (nSPS) is 12.2. The number of nitrogens with zero attached hydrogens (tertiary/aromatic N) is 1. The summed E-state index contributed by atoms with van der Waals surface area (Å²) in [6.07, 6.45) is -0.560. The van der Waals surface area contributed by atoms with Crippen molar-refractivity contribution in [3.8, 4) is 0 Å². The number of anilines is 1. The van der Waals surface area contributed by atoms with E-state index in [0.29, 0.717) is 18.7 Å². The molecule has 0 aliphatic carbocycles. The van der Waals surface area contributed by atoms with Crippen molar-refractivity contribution >= 4 is 11.4 Å². The highest BCUT2D eigenvalue weighted by atomic mass is 16.6. The lowest BCUT2D eigenvalue weighted by molar-refractivity contribution is -0.386. The van der Waals surface area contributed by atoms with Crippen molar-refractivity contribution in [2.24, 2.45) is 0 Å². The number of nitrogens with one attached hydrogen (secondary N) is 1. The quantitative estimate of drug-likeness (QED) is 0.394. The first-order valence-corrected chi connectivity index (χ1v) is 5.20. The second-order valence-corrected chi connectivity index (χ2v) is 3.55. The van der Waals surface area contributed by atoms with Gasteiger partial charge in [0, 0.05) is 24.9 Å². The van der Waals surface area contributed by atoms with E-state index in [1.54, 1.807) is 6.07 Å². The molecule has 93 valence electrons. The van der Waals surface area contributed by atoms with Crippen molar-refractivity contribution in [2.45, 2.75) is 12.5 Å². The third-order valence-corrected chi connectivity index (χ3v) is 2.25. The lowest BCUT2D eigenvalue weighted by Gasteiger charge is -2.09. The zero-order valence-corrected chi connectivity index (χ0v) is 9.30. The maximum absolute atomic E-state index is 10.8. The predicted molar refractivity (Wildman–Crippen MR) is 63.6 cm³/mol. The molecule has 1 atom stereocenters. The summed E-state index contributed by atoms with van der Waals surface area (Å²) in [5, 5.41) is 31.7. The summed E-state index contributed by atoms with van der Waals surface area (Å²) >= 11 is 0. The number of nitro benzene ring substituents is 1. The van der Waals surface area contributed by atoms with E-state index in [2.05, 4.69) is 12.2 Å². The van der Waals surface area contributed by atoms with Crippen LogP contribution in [0.5, 0.6) is 0 Å². The second kappa shape index (κ2) is 6.17. The standard InChI is InChI=1S/C11H15N2O4/c1-8(15)10-4-3-9(12-5-2-6-14)7-11(10)13(16)17/h3-4,7-8,12,14-15H,1-2,5-6H2. The first-order valence-electron chi connectivity index (χ1n) is 5.20. The molecule has 0 aromatic heterocycles. The number of aliphatic hydroxyl groups excluding tert-OH is 2. The van der Waals surface area contributed by atoms with Gasteiger partial charge in [0.2, 0.25) is 0 Å². The van der Waals surface area contributed by atoms with Gasteiger partial charge in [-0.15, -0.1) is 0 Å². The highest BCUT2D eigenvalue weighted by Crippen LogP contribution is 2.27. The van der Waals surface area contributed by atoms with E-state index in [1.807, 2.05) is 0 Å². The fourth-order valence-corrected chi connectivity index (χ4v) is 1.41. The Morgan fingerprint density at radius 3 is 2.76 bits per heavy atom. The molecule has 0 heterocycles. The van der Waals surface area contributed by atoms with Gasteiger partial charge in [-0.05, 0) is 25.5 Å². The minimum atomic E-state index is -1.12. The lowest BCUT2D eigenvalue weighted by atomic mass is 10.1. The molecule has 0 aliphatic rings. The van der Waals surface area contributed by atoms with Gasteiger partial charge in [-0.25, -0.2) is 0 Å². The summed E-state index contributed by atoms with van der Waals surface area (Å²) in [6, 6.07) is 4.45.